The van der Waals surface area contributed by atoms with Crippen LogP contribution in [0.3, 0.4) is 0 Å². The molecule has 5 aromatic heterocycles. The van der Waals surface area contributed by atoms with Gasteiger partial charge < -0.3 is 30.1 Å². The Hall–Kier alpha value is -9.48. The number of nitriles is 5. The van der Waals surface area contributed by atoms with Gasteiger partial charge >= 0.3 is 54.6 Å². The number of carboxylic acid groups (broad SMARTS) is 1. The van der Waals surface area contributed by atoms with Crippen LogP contribution in [-0.4, -0.2) is 97.6 Å². The zero-order chi connectivity index (χ0) is 75.4. The predicted molar refractivity (Wildman–Crippen MR) is 403 cm³/mol. The van der Waals surface area contributed by atoms with Crippen LogP contribution in [0.4, 0.5) is 8.78 Å². The second-order valence-electron chi connectivity index (χ2n) is 22.0. The number of halogens is 4. The maximum absolute atomic E-state index is 13.3. The minimum atomic E-state index is -1.46. The van der Waals surface area contributed by atoms with E-state index in [-0.39, 0.29) is 63.2 Å². The molecular formula is C76H68BBr2F2N10NaO9S3. The summed E-state index contributed by atoms with van der Waals surface area (Å²) in [7, 11) is -1.46. The monoisotopic (exact) mass is 1590 g/mol. The Morgan fingerprint density at radius 3 is 1.10 bits per heavy atom. The Morgan fingerprint density at radius 2 is 0.788 bits per heavy atom. The Balaban J connectivity index is 0.000000422. The van der Waals surface area contributed by atoms with Crippen molar-refractivity contribution in [3.8, 4) is 75.4 Å². The van der Waals surface area contributed by atoms with Gasteiger partial charge in [-0.3, -0.25) is 34.3 Å². The fourth-order valence-electron chi connectivity index (χ4n) is 7.75. The maximum Gasteiger partial charge on any atom is 1.00 e. The third kappa shape index (κ3) is 30.5. The van der Waals surface area contributed by atoms with E-state index < -0.39 is 26.9 Å². The maximum atomic E-state index is 13.3. The molecule has 0 aliphatic heterocycles. The largest absolute Gasteiger partial charge is 1.00 e. The van der Waals surface area contributed by atoms with E-state index in [4.69, 9.17) is 45.8 Å². The topological polar surface area (TPSA) is 344 Å². The summed E-state index contributed by atoms with van der Waals surface area (Å²) in [6, 6.07) is 61.5. The number of aromatic nitrogens is 5. The van der Waals surface area contributed by atoms with Crippen LogP contribution in [0.5, 0.6) is 0 Å². The normalized spacial score (nSPS) is 9.98. The first-order valence-corrected chi connectivity index (χ1v) is 34.2. The second kappa shape index (κ2) is 46.3. The zero-order valence-electron chi connectivity index (χ0n) is 57.8. The summed E-state index contributed by atoms with van der Waals surface area (Å²) >= 11 is 13.1. The number of ether oxygens (including phenoxy) is 2. The van der Waals surface area contributed by atoms with Crippen molar-refractivity contribution < 1.29 is 82.8 Å². The minimum absolute atomic E-state index is 0. The van der Waals surface area contributed by atoms with Gasteiger partial charge in [0.15, 0.2) is 5.82 Å². The van der Waals surface area contributed by atoms with E-state index in [0.717, 1.165) is 48.5 Å². The molecule has 5 heterocycles. The first kappa shape index (κ1) is 90.6. The standard InChI is InChI=1S/C18H18N2O2S.C16H14N2O2S.C12H7FN2.C12H8N2S.C7H6BNO2.C6H11BrO2.C5H3BrFN.Na.H2O/c1-4-22-17(21)18(2,3)23-15-6-5-11-20-16(15)14-9-7-13(12-19)8-10-14;1-16(2,15(19)20)21-13-4-3-9-18-14(13)12-7-5-11(10-17)6-8-12;13-11-2-1-7-15-12(11)10-5-3-9(8-14)4-6-10;13-8-9-3-5-10(6-4-9)12-11(15)2-1-7-14-12;9-5-6-1-3-7(4-2-6)8(10)11;1-4-9-5(8)6(2,3)7;6-5-4(7)2-1-3-8-5;;/h5-11H,4H2,1-3H3;3-9H,1-2H3,(H,19,20);1-7H;1-7,15H;1-4,10-11H;4H2,1-3H3;1-3H;;1H2/q;;;;;;;+1;/p-1. The van der Waals surface area contributed by atoms with Gasteiger partial charge in [0.05, 0.1) is 88.5 Å². The van der Waals surface area contributed by atoms with Gasteiger partial charge in [0, 0.05) is 67.9 Å². The van der Waals surface area contributed by atoms with Crippen molar-refractivity contribution in [2.75, 3.05) is 13.2 Å². The molecule has 10 aromatic rings. The Labute approximate surface area is 656 Å². The quantitative estimate of drug-likeness (QED) is 0.0196. The van der Waals surface area contributed by atoms with Crippen LogP contribution in [0, 0.1) is 68.3 Å². The van der Waals surface area contributed by atoms with Crippen molar-refractivity contribution in [2.45, 2.75) is 83.9 Å². The molecule has 0 aliphatic rings. The molecule has 10 rings (SSSR count). The number of hydrogen-bond donors (Lipinski definition) is 4. The van der Waals surface area contributed by atoms with E-state index in [1.165, 1.54) is 72.3 Å². The third-order valence-electron chi connectivity index (χ3n) is 13.1. The van der Waals surface area contributed by atoms with Gasteiger partial charge in [-0.05, 0) is 198 Å². The summed E-state index contributed by atoms with van der Waals surface area (Å²) in [5, 5.41) is 70.0. The Bertz CT molecular complexity index is 4500. The molecule has 5 aromatic carbocycles. The van der Waals surface area contributed by atoms with Crippen molar-refractivity contribution in [3.05, 3.63) is 257 Å². The zero-order valence-corrected chi connectivity index (χ0v) is 65.5. The average Bonchev–Trinajstić information content (AvgIpc) is 0.818. The summed E-state index contributed by atoms with van der Waals surface area (Å²) in [4.78, 5) is 57.3. The molecule has 0 spiro atoms. The van der Waals surface area contributed by atoms with Crippen molar-refractivity contribution in [1.82, 2.24) is 24.9 Å². The van der Waals surface area contributed by atoms with E-state index in [0.29, 0.717) is 57.8 Å². The Morgan fingerprint density at radius 1 is 0.481 bits per heavy atom. The molecule has 0 radical (unpaired) electrons. The van der Waals surface area contributed by atoms with Gasteiger partial charge in [-0.25, -0.2) is 13.8 Å². The molecule has 4 N–H and O–H groups in total. The van der Waals surface area contributed by atoms with Crippen LogP contribution in [0.15, 0.2) is 232 Å². The number of nitrogens with zero attached hydrogens (tertiary/aromatic N) is 10. The molecule has 0 saturated carbocycles. The number of thioether (sulfide) groups is 2. The number of pyridine rings is 5. The van der Waals surface area contributed by atoms with Gasteiger partial charge in [-0.1, -0.05) is 76.6 Å². The summed E-state index contributed by atoms with van der Waals surface area (Å²) in [5.41, 5.74) is 9.36. The van der Waals surface area contributed by atoms with Crippen molar-refractivity contribution in [2.24, 2.45) is 0 Å². The van der Waals surface area contributed by atoms with Crippen LogP contribution >= 0.6 is 68.0 Å². The first-order chi connectivity index (χ1) is 48.6. The van der Waals surface area contributed by atoms with E-state index in [1.807, 2.05) is 92.7 Å². The van der Waals surface area contributed by atoms with Gasteiger partial charge in [0.1, 0.15) is 29.9 Å². The summed E-state index contributed by atoms with van der Waals surface area (Å²) in [5.74, 6) is -2.03. The molecular weight excluding hydrogens is 1520 g/mol. The van der Waals surface area contributed by atoms with Crippen molar-refractivity contribution in [1.29, 1.82) is 26.3 Å². The average molecular weight is 1590 g/mol. The van der Waals surface area contributed by atoms with Gasteiger partial charge in [-0.15, -0.1) is 36.2 Å². The summed E-state index contributed by atoms with van der Waals surface area (Å²) in [6.45, 7) is 14.9. The summed E-state index contributed by atoms with van der Waals surface area (Å²) < 4.78 is 33.5. The molecule has 0 amide bonds. The van der Waals surface area contributed by atoms with Crippen LogP contribution < -0.4 is 35.0 Å². The molecule has 28 heteroatoms. The van der Waals surface area contributed by atoms with Gasteiger partial charge in [0.2, 0.25) is 0 Å². The second-order valence-corrected chi connectivity index (χ2v) is 28.5. The van der Waals surface area contributed by atoms with Crippen LogP contribution in [0.2, 0.25) is 0 Å². The number of alkyl halides is 1. The molecule has 526 valence electrons. The summed E-state index contributed by atoms with van der Waals surface area (Å²) in [6.07, 6.45) is 8.18. The van der Waals surface area contributed by atoms with E-state index >= 15 is 0 Å². The number of aliphatic carboxylic acids is 1. The predicted octanol–water partition coefficient (Wildman–Crippen LogP) is 13.1. The number of rotatable bonds is 14. The molecule has 0 unspecified atom stereocenters. The number of benzene rings is 5. The van der Waals surface area contributed by atoms with Crippen LogP contribution in [0.25, 0.3) is 45.0 Å². The van der Waals surface area contributed by atoms with E-state index in [2.05, 4.69) is 87.6 Å². The van der Waals surface area contributed by atoms with Crippen molar-refractivity contribution >= 4 is 98.5 Å². The minimum Gasteiger partial charge on any atom is -0.870 e. The molecule has 0 aliphatic carbocycles. The molecule has 104 heavy (non-hydrogen) atoms. The molecule has 0 saturated heterocycles. The van der Waals surface area contributed by atoms with Gasteiger partial charge in [-0.2, -0.15) is 26.3 Å². The molecule has 0 bridgehead atoms. The smallest absolute Gasteiger partial charge is 0.870 e. The van der Waals surface area contributed by atoms with E-state index in [9.17, 15) is 28.3 Å². The number of carboxylic acids is 1. The fourth-order valence-corrected chi connectivity index (χ4v) is 10.5. The third-order valence-corrected chi connectivity index (χ3v) is 16.8. The van der Waals surface area contributed by atoms with Gasteiger partial charge in [0.25, 0.3) is 0 Å². The van der Waals surface area contributed by atoms with Crippen LogP contribution in [-0.2, 0) is 23.9 Å². The first-order valence-electron chi connectivity index (χ1n) is 30.5. The molecule has 0 atom stereocenters. The number of carbonyl (C=O) groups excluding carboxylic acids is 2. The number of thiol groups is 1. The fraction of sp³-hybridized carbons (Fsp3) is 0.171. The molecule has 0 fully saturated rings. The SMILES string of the molecule is CC(C)(Sc1cccnc1-c1ccc(C#N)cc1)C(=O)O.CCOC(=O)C(C)(C)Br.CCOC(=O)C(C)(C)Sc1cccnc1-c1ccc(C#N)cc1.Fc1cccnc1Br.N#Cc1ccc(-c2ncccc2F)cc1.N#Cc1ccc(-c2ncccc2S)cc1.N#Cc1ccc(B(O)O)cc1.[Na+].[OH-]. The number of carbonyl (C=O) groups is 3. The Kier molecular flexibility index (Phi) is 40.3. The molecule has 19 nitrogen and oxygen atoms in total. The van der Waals surface area contributed by atoms with Crippen LogP contribution in [0.1, 0.15) is 83.2 Å². The number of esters is 2. The van der Waals surface area contributed by atoms with E-state index in [1.54, 1.807) is 139 Å². The number of hydrogen-bond acceptors (Lipinski definition) is 21. The van der Waals surface area contributed by atoms with Crippen molar-refractivity contribution in [3.63, 3.8) is 0 Å².